The van der Waals surface area contributed by atoms with Crippen LogP contribution in [0.25, 0.3) is 0 Å². The summed E-state index contributed by atoms with van der Waals surface area (Å²) in [5.74, 6) is 1.43. The monoisotopic (exact) mass is 287 g/mol. The van der Waals surface area contributed by atoms with Gasteiger partial charge in [-0.1, -0.05) is 49.9 Å². The van der Waals surface area contributed by atoms with Crippen LogP contribution in [-0.4, -0.2) is 13.2 Å². The van der Waals surface area contributed by atoms with Crippen LogP contribution in [0.3, 0.4) is 0 Å². The molecule has 21 heavy (non-hydrogen) atoms. The maximum absolute atomic E-state index is 6.53. The highest BCUT2D eigenvalue weighted by molar-refractivity contribution is 5.29. The minimum atomic E-state index is 0.00791. The van der Waals surface area contributed by atoms with Gasteiger partial charge in [0.1, 0.15) is 0 Å². The molecule has 0 saturated heterocycles. The third-order valence-corrected chi connectivity index (χ3v) is 5.64. The number of rotatable bonds is 5. The molecule has 2 heteroatoms. The molecule has 2 aliphatic rings. The third-order valence-electron chi connectivity index (χ3n) is 5.64. The number of benzene rings is 1. The van der Waals surface area contributed by atoms with E-state index in [0.717, 1.165) is 5.92 Å². The number of ether oxygens (including phenoxy) is 1. The molecule has 2 aliphatic carbocycles. The van der Waals surface area contributed by atoms with Crippen molar-refractivity contribution in [2.45, 2.75) is 69.4 Å². The topological polar surface area (TPSA) is 35.2 Å². The van der Waals surface area contributed by atoms with Crippen LogP contribution < -0.4 is 5.73 Å². The number of methoxy groups -OCH3 is 1. The van der Waals surface area contributed by atoms with Crippen molar-refractivity contribution < 1.29 is 4.74 Å². The van der Waals surface area contributed by atoms with E-state index in [4.69, 9.17) is 10.5 Å². The summed E-state index contributed by atoms with van der Waals surface area (Å²) < 4.78 is 5.79. The molecule has 1 aromatic carbocycles. The molecule has 2 N–H and O–H groups in total. The molecular weight excluding hydrogens is 258 g/mol. The summed E-state index contributed by atoms with van der Waals surface area (Å²) in [6.07, 6.45) is 10.8. The second-order valence-electron chi connectivity index (χ2n) is 6.92. The first-order valence-electron chi connectivity index (χ1n) is 8.68. The van der Waals surface area contributed by atoms with E-state index in [-0.39, 0.29) is 12.1 Å². The maximum atomic E-state index is 6.53. The molecule has 3 rings (SSSR count). The van der Waals surface area contributed by atoms with Crippen molar-refractivity contribution in [3.05, 3.63) is 35.4 Å². The van der Waals surface area contributed by atoms with E-state index >= 15 is 0 Å². The zero-order chi connectivity index (χ0) is 14.7. The molecule has 2 saturated carbocycles. The molecular formula is C19H29NO. The van der Waals surface area contributed by atoms with Crippen molar-refractivity contribution in [3.63, 3.8) is 0 Å². The minimum absolute atomic E-state index is 0.00791. The Morgan fingerprint density at radius 2 is 1.62 bits per heavy atom. The van der Waals surface area contributed by atoms with Crippen molar-refractivity contribution in [1.82, 2.24) is 0 Å². The van der Waals surface area contributed by atoms with Crippen molar-refractivity contribution in [3.8, 4) is 0 Å². The van der Waals surface area contributed by atoms with Crippen LogP contribution in [0.1, 0.15) is 74.5 Å². The summed E-state index contributed by atoms with van der Waals surface area (Å²) in [5, 5.41) is 0. The lowest BCUT2D eigenvalue weighted by molar-refractivity contribution is 0.0173. The van der Waals surface area contributed by atoms with E-state index in [1.54, 1.807) is 0 Å². The summed E-state index contributed by atoms with van der Waals surface area (Å²) in [6.45, 7) is 0. The number of hydrogen-bond acceptors (Lipinski definition) is 2. The average molecular weight is 287 g/mol. The van der Waals surface area contributed by atoms with Crippen LogP contribution >= 0.6 is 0 Å². The van der Waals surface area contributed by atoms with Crippen LogP contribution in [0.5, 0.6) is 0 Å². The van der Waals surface area contributed by atoms with Gasteiger partial charge in [-0.25, -0.2) is 0 Å². The molecule has 0 bridgehead atoms. The summed E-state index contributed by atoms with van der Waals surface area (Å²) >= 11 is 0. The van der Waals surface area contributed by atoms with Crippen molar-refractivity contribution in [2.24, 2.45) is 11.7 Å². The standard InChI is InChI=1S/C19H29NO/c1-21-19(17-6-3-2-4-7-17)18(20)16-12-10-15(11-13-16)14-8-5-9-14/h10-14,17-19H,2-9,20H2,1H3. The Labute approximate surface area is 129 Å². The Bertz CT molecular complexity index is 431. The largest absolute Gasteiger partial charge is 0.379 e. The molecule has 0 amide bonds. The lowest BCUT2D eigenvalue weighted by atomic mass is 9.78. The molecule has 2 atom stereocenters. The van der Waals surface area contributed by atoms with Crippen molar-refractivity contribution >= 4 is 0 Å². The van der Waals surface area contributed by atoms with Gasteiger partial charge in [0.25, 0.3) is 0 Å². The fraction of sp³-hybridized carbons (Fsp3) is 0.684. The highest BCUT2D eigenvalue weighted by atomic mass is 16.5. The highest BCUT2D eigenvalue weighted by Gasteiger charge is 2.29. The van der Waals surface area contributed by atoms with E-state index in [0.29, 0.717) is 5.92 Å². The summed E-state index contributed by atoms with van der Waals surface area (Å²) in [4.78, 5) is 0. The Balaban J connectivity index is 1.68. The second-order valence-corrected chi connectivity index (χ2v) is 6.92. The van der Waals surface area contributed by atoms with Gasteiger partial charge in [0.15, 0.2) is 0 Å². The van der Waals surface area contributed by atoms with E-state index in [1.165, 1.54) is 62.5 Å². The van der Waals surface area contributed by atoms with E-state index in [1.807, 2.05) is 7.11 Å². The average Bonchev–Trinajstić information content (AvgIpc) is 2.48. The van der Waals surface area contributed by atoms with Crippen LogP contribution in [0.15, 0.2) is 24.3 Å². The molecule has 2 unspecified atom stereocenters. The highest BCUT2D eigenvalue weighted by Crippen LogP contribution is 2.37. The number of nitrogens with two attached hydrogens (primary N) is 1. The normalized spacial score (nSPS) is 23.5. The van der Waals surface area contributed by atoms with Crippen molar-refractivity contribution in [2.75, 3.05) is 7.11 Å². The summed E-state index contributed by atoms with van der Waals surface area (Å²) in [7, 11) is 1.82. The van der Waals surface area contributed by atoms with Crippen LogP contribution in [0, 0.1) is 5.92 Å². The molecule has 0 aromatic heterocycles. The summed E-state index contributed by atoms with van der Waals surface area (Å²) in [6, 6.07) is 9.04. The fourth-order valence-electron chi connectivity index (χ4n) is 4.02. The van der Waals surface area contributed by atoms with E-state index in [2.05, 4.69) is 24.3 Å². The third kappa shape index (κ3) is 3.32. The van der Waals surface area contributed by atoms with Gasteiger partial charge in [0, 0.05) is 7.11 Å². The van der Waals surface area contributed by atoms with Gasteiger partial charge in [-0.2, -0.15) is 0 Å². The SMILES string of the molecule is COC(C1CCCCC1)C(N)c1ccc(C2CCC2)cc1. The molecule has 2 nitrogen and oxygen atoms in total. The Kier molecular flexibility index (Phi) is 4.97. The van der Waals surface area contributed by atoms with Crippen LogP contribution in [0.4, 0.5) is 0 Å². The summed E-state index contributed by atoms with van der Waals surface area (Å²) in [5.41, 5.74) is 9.25. The quantitative estimate of drug-likeness (QED) is 0.862. The maximum Gasteiger partial charge on any atom is 0.0791 e. The van der Waals surface area contributed by atoms with Crippen LogP contribution in [0.2, 0.25) is 0 Å². The molecule has 1 aromatic rings. The zero-order valence-electron chi connectivity index (χ0n) is 13.3. The lowest BCUT2D eigenvalue weighted by Gasteiger charge is -2.33. The predicted octanol–water partition coefficient (Wildman–Crippen LogP) is 4.55. The smallest absolute Gasteiger partial charge is 0.0791 e. The molecule has 0 heterocycles. The molecule has 2 fully saturated rings. The van der Waals surface area contributed by atoms with E-state index in [9.17, 15) is 0 Å². The Hall–Kier alpha value is -0.860. The first kappa shape index (κ1) is 15.1. The number of hydrogen-bond donors (Lipinski definition) is 1. The Morgan fingerprint density at radius 3 is 2.14 bits per heavy atom. The zero-order valence-corrected chi connectivity index (χ0v) is 13.3. The fourth-order valence-corrected chi connectivity index (χ4v) is 4.02. The molecule has 0 radical (unpaired) electrons. The van der Waals surface area contributed by atoms with Crippen molar-refractivity contribution in [1.29, 1.82) is 0 Å². The molecule has 116 valence electrons. The first-order chi connectivity index (χ1) is 10.3. The minimum Gasteiger partial charge on any atom is -0.379 e. The van der Waals surface area contributed by atoms with Gasteiger partial charge in [-0.15, -0.1) is 0 Å². The molecule has 0 aliphatic heterocycles. The van der Waals surface area contributed by atoms with Gasteiger partial charge in [-0.3, -0.25) is 0 Å². The van der Waals surface area contributed by atoms with Gasteiger partial charge < -0.3 is 10.5 Å². The van der Waals surface area contributed by atoms with Crippen LogP contribution in [-0.2, 0) is 4.74 Å². The lowest BCUT2D eigenvalue weighted by Crippen LogP contribution is -2.35. The first-order valence-corrected chi connectivity index (χ1v) is 8.68. The molecule has 0 spiro atoms. The van der Waals surface area contributed by atoms with Gasteiger partial charge in [0.05, 0.1) is 12.1 Å². The second kappa shape index (κ2) is 6.93. The Morgan fingerprint density at radius 1 is 0.952 bits per heavy atom. The van der Waals surface area contributed by atoms with E-state index < -0.39 is 0 Å². The van der Waals surface area contributed by atoms with Gasteiger partial charge in [0.2, 0.25) is 0 Å². The predicted molar refractivity (Wildman–Crippen MR) is 87.3 cm³/mol. The van der Waals surface area contributed by atoms with Gasteiger partial charge >= 0.3 is 0 Å². The van der Waals surface area contributed by atoms with Gasteiger partial charge in [-0.05, 0) is 48.6 Å².